The number of hydrogen-bond acceptors (Lipinski definition) is 4. The molecule has 5 nitrogen and oxygen atoms in total. The summed E-state index contributed by atoms with van der Waals surface area (Å²) in [4.78, 5) is 18.3. The van der Waals surface area contributed by atoms with E-state index < -0.39 is 6.10 Å². The second kappa shape index (κ2) is 7.55. The Morgan fingerprint density at radius 1 is 1.33 bits per heavy atom. The van der Waals surface area contributed by atoms with E-state index in [-0.39, 0.29) is 12.5 Å². The molecule has 1 amide bonds. The number of aromatic nitrogens is 1. The largest absolute Gasteiger partial charge is 0.390 e. The Morgan fingerprint density at radius 2 is 2.12 bits per heavy atom. The molecule has 126 valence electrons. The molecule has 2 heterocycles. The summed E-state index contributed by atoms with van der Waals surface area (Å²) in [6.45, 7) is 4.48. The van der Waals surface area contributed by atoms with Gasteiger partial charge in [-0.1, -0.05) is 24.3 Å². The van der Waals surface area contributed by atoms with Crippen LogP contribution in [0.2, 0.25) is 0 Å². The van der Waals surface area contributed by atoms with Crippen molar-refractivity contribution in [3.63, 3.8) is 0 Å². The van der Waals surface area contributed by atoms with Crippen LogP contribution in [0.1, 0.15) is 27.0 Å². The summed E-state index contributed by atoms with van der Waals surface area (Å²) in [7, 11) is 0. The van der Waals surface area contributed by atoms with Gasteiger partial charge in [-0.2, -0.15) is 0 Å². The van der Waals surface area contributed by atoms with E-state index in [0.717, 1.165) is 25.1 Å². The molecule has 3 rings (SSSR count). The molecule has 0 bridgehead atoms. The summed E-state index contributed by atoms with van der Waals surface area (Å²) < 4.78 is 0. The standard InChI is InChI=1S/C19H23N3O2/c1-14-8-17(10-20-9-14)19(24)21-11-18(23)13-22-7-6-15-4-2-3-5-16(15)12-22/h2-5,8-10,18,23H,6-7,11-13H2,1H3,(H,21,24)/t18-/m0/s1. The Kier molecular flexibility index (Phi) is 5.23. The summed E-state index contributed by atoms with van der Waals surface area (Å²) in [6, 6.07) is 10.2. The third-order valence-electron chi connectivity index (χ3n) is 4.31. The first kappa shape index (κ1) is 16.6. The van der Waals surface area contributed by atoms with Gasteiger partial charge >= 0.3 is 0 Å². The second-order valence-corrected chi connectivity index (χ2v) is 6.37. The molecule has 1 aliphatic rings. The lowest BCUT2D eigenvalue weighted by molar-refractivity contribution is 0.0841. The zero-order chi connectivity index (χ0) is 16.9. The van der Waals surface area contributed by atoms with Crippen molar-refractivity contribution >= 4 is 5.91 Å². The van der Waals surface area contributed by atoms with E-state index >= 15 is 0 Å². The van der Waals surface area contributed by atoms with E-state index in [1.54, 1.807) is 12.3 Å². The maximum Gasteiger partial charge on any atom is 0.252 e. The minimum atomic E-state index is -0.586. The van der Waals surface area contributed by atoms with Crippen LogP contribution < -0.4 is 5.32 Å². The molecule has 0 fully saturated rings. The van der Waals surface area contributed by atoms with Gasteiger partial charge in [0.2, 0.25) is 0 Å². The SMILES string of the molecule is Cc1cncc(C(=O)NC[C@H](O)CN2CCc3ccccc3C2)c1. The van der Waals surface area contributed by atoms with Gasteiger partial charge < -0.3 is 10.4 Å². The highest BCUT2D eigenvalue weighted by molar-refractivity contribution is 5.94. The lowest BCUT2D eigenvalue weighted by atomic mass is 10.00. The zero-order valence-electron chi connectivity index (χ0n) is 13.9. The molecule has 0 radical (unpaired) electrons. The number of aliphatic hydroxyl groups excluding tert-OH is 1. The topological polar surface area (TPSA) is 65.5 Å². The summed E-state index contributed by atoms with van der Waals surface area (Å²) >= 11 is 0. The molecule has 0 unspecified atom stereocenters. The van der Waals surface area contributed by atoms with Gasteiger partial charge in [0.05, 0.1) is 11.7 Å². The molecule has 1 aliphatic heterocycles. The summed E-state index contributed by atoms with van der Waals surface area (Å²) in [6.07, 6.45) is 3.66. The number of carbonyl (C=O) groups excluding carboxylic acids is 1. The highest BCUT2D eigenvalue weighted by Gasteiger charge is 2.18. The van der Waals surface area contributed by atoms with Gasteiger partial charge in [0.1, 0.15) is 0 Å². The van der Waals surface area contributed by atoms with Gasteiger partial charge in [-0.25, -0.2) is 0 Å². The van der Waals surface area contributed by atoms with Crippen molar-refractivity contribution in [3.8, 4) is 0 Å². The molecule has 1 aromatic carbocycles. The van der Waals surface area contributed by atoms with Crippen LogP contribution in [0, 0.1) is 6.92 Å². The maximum atomic E-state index is 12.1. The molecule has 0 spiro atoms. The fourth-order valence-electron chi connectivity index (χ4n) is 3.06. The fourth-order valence-corrected chi connectivity index (χ4v) is 3.06. The number of rotatable bonds is 5. The minimum absolute atomic E-state index is 0.200. The highest BCUT2D eigenvalue weighted by Crippen LogP contribution is 2.18. The molecular formula is C19H23N3O2. The van der Waals surface area contributed by atoms with Gasteiger partial charge in [-0.3, -0.25) is 14.7 Å². The third kappa shape index (κ3) is 4.19. The van der Waals surface area contributed by atoms with Crippen LogP contribution in [0.4, 0.5) is 0 Å². The summed E-state index contributed by atoms with van der Waals surface area (Å²) in [5.41, 5.74) is 4.18. The van der Waals surface area contributed by atoms with Crippen molar-refractivity contribution in [2.75, 3.05) is 19.6 Å². The van der Waals surface area contributed by atoms with Gasteiger partial charge in [-0.05, 0) is 36.1 Å². The molecular weight excluding hydrogens is 302 g/mol. The average molecular weight is 325 g/mol. The number of nitrogens with zero attached hydrogens (tertiary/aromatic N) is 2. The molecule has 0 saturated heterocycles. The van der Waals surface area contributed by atoms with Crippen LogP contribution >= 0.6 is 0 Å². The monoisotopic (exact) mass is 325 g/mol. The number of benzene rings is 1. The van der Waals surface area contributed by atoms with Crippen molar-refractivity contribution in [1.82, 2.24) is 15.2 Å². The van der Waals surface area contributed by atoms with Gasteiger partial charge in [0, 0.05) is 38.6 Å². The number of carbonyl (C=O) groups is 1. The van der Waals surface area contributed by atoms with E-state index in [0.29, 0.717) is 12.1 Å². The molecule has 24 heavy (non-hydrogen) atoms. The van der Waals surface area contributed by atoms with E-state index in [2.05, 4.69) is 39.5 Å². The van der Waals surface area contributed by atoms with Crippen molar-refractivity contribution in [2.45, 2.75) is 26.0 Å². The van der Waals surface area contributed by atoms with Crippen molar-refractivity contribution in [3.05, 3.63) is 65.0 Å². The number of fused-ring (bicyclic) bond motifs is 1. The van der Waals surface area contributed by atoms with Crippen LogP contribution in [-0.2, 0) is 13.0 Å². The van der Waals surface area contributed by atoms with Gasteiger partial charge in [0.15, 0.2) is 0 Å². The zero-order valence-corrected chi connectivity index (χ0v) is 13.9. The number of pyridine rings is 1. The normalized spacial score (nSPS) is 15.6. The number of aliphatic hydroxyl groups is 1. The molecule has 2 aromatic rings. The number of nitrogens with one attached hydrogen (secondary N) is 1. The summed E-state index contributed by atoms with van der Waals surface area (Å²) in [5, 5.41) is 13.0. The molecule has 0 saturated carbocycles. The third-order valence-corrected chi connectivity index (χ3v) is 4.31. The Morgan fingerprint density at radius 3 is 2.92 bits per heavy atom. The van der Waals surface area contributed by atoms with Crippen LogP contribution in [-0.4, -0.2) is 46.6 Å². The minimum Gasteiger partial charge on any atom is -0.390 e. The maximum absolute atomic E-state index is 12.1. The Bertz CT molecular complexity index is 717. The lowest BCUT2D eigenvalue weighted by Gasteiger charge is -2.30. The van der Waals surface area contributed by atoms with E-state index in [1.165, 1.54) is 17.3 Å². The van der Waals surface area contributed by atoms with Gasteiger partial charge in [-0.15, -0.1) is 0 Å². The predicted molar refractivity (Wildman–Crippen MR) is 92.7 cm³/mol. The number of aryl methyl sites for hydroxylation is 1. The Labute approximate surface area is 142 Å². The van der Waals surface area contributed by atoms with Crippen molar-refractivity contribution in [2.24, 2.45) is 0 Å². The number of amides is 1. The van der Waals surface area contributed by atoms with Crippen molar-refractivity contribution < 1.29 is 9.90 Å². The fraction of sp³-hybridized carbons (Fsp3) is 0.368. The molecule has 1 atom stereocenters. The van der Waals surface area contributed by atoms with Crippen LogP contribution in [0.3, 0.4) is 0 Å². The number of hydrogen-bond donors (Lipinski definition) is 2. The molecule has 1 aromatic heterocycles. The van der Waals surface area contributed by atoms with Crippen LogP contribution in [0.5, 0.6) is 0 Å². The van der Waals surface area contributed by atoms with E-state index in [4.69, 9.17) is 0 Å². The predicted octanol–water partition coefficient (Wildman–Crippen LogP) is 1.54. The van der Waals surface area contributed by atoms with Crippen molar-refractivity contribution in [1.29, 1.82) is 0 Å². The molecule has 5 heteroatoms. The Hall–Kier alpha value is -2.24. The number of β-amino-alcohol motifs (C(OH)–C–C–N with tert-alkyl or cyclic N) is 1. The smallest absolute Gasteiger partial charge is 0.252 e. The molecule has 0 aliphatic carbocycles. The van der Waals surface area contributed by atoms with E-state index in [1.807, 2.05) is 6.92 Å². The summed E-state index contributed by atoms with van der Waals surface area (Å²) in [5.74, 6) is -0.200. The quantitative estimate of drug-likeness (QED) is 0.875. The van der Waals surface area contributed by atoms with E-state index in [9.17, 15) is 9.90 Å². The molecule has 2 N–H and O–H groups in total. The first-order chi connectivity index (χ1) is 11.6. The highest BCUT2D eigenvalue weighted by atomic mass is 16.3. The second-order valence-electron chi connectivity index (χ2n) is 6.37. The van der Waals surface area contributed by atoms with Crippen LogP contribution in [0.15, 0.2) is 42.7 Å². The lowest BCUT2D eigenvalue weighted by Crippen LogP contribution is -2.42. The van der Waals surface area contributed by atoms with Gasteiger partial charge in [0.25, 0.3) is 5.91 Å². The first-order valence-corrected chi connectivity index (χ1v) is 8.29. The Balaban J connectivity index is 1.48. The van der Waals surface area contributed by atoms with Crippen LogP contribution in [0.25, 0.3) is 0 Å². The first-order valence-electron chi connectivity index (χ1n) is 8.29. The average Bonchev–Trinajstić information content (AvgIpc) is 2.59.